The van der Waals surface area contributed by atoms with Crippen LogP contribution in [-0.2, 0) is 0 Å². The zero-order valence-electron chi connectivity index (χ0n) is 9.95. The van der Waals surface area contributed by atoms with Crippen LogP contribution in [0, 0.1) is 9.39 Å². The minimum atomic E-state index is -1.31. The highest BCUT2D eigenvalue weighted by Gasteiger charge is 2.18. The highest BCUT2D eigenvalue weighted by Crippen LogP contribution is 2.31. The summed E-state index contributed by atoms with van der Waals surface area (Å²) < 4.78 is 14.3. The molecule has 4 N–H and O–H groups in total. The fraction of sp³-hybridized carbons (Fsp3) is 0. The maximum Gasteiger partial charge on any atom is 0.340 e. The van der Waals surface area contributed by atoms with Gasteiger partial charge in [0.15, 0.2) is 0 Å². The van der Waals surface area contributed by atoms with Crippen molar-refractivity contribution in [3.05, 3.63) is 50.3 Å². The van der Waals surface area contributed by atoms with Crippen LogP contribution in [0.15, 0.2) is 30.3 Å². The molecule has 0 saturated heterocycles. The molecule has 0 spiro atoms. The largest absolute Gasteiger partial charge is 0.478 e. The molecular weight excluding hydrogens is 398 g/mol. The van der Waals surface area contributed by atoms with Gasteiger partial charge in [-0.2, -0.15) is 0 Å². The van der Waals surface area contributed by atoms with Crippen molar-refractivity contribution in [1.82, 2.24) is 0 Å². The van der Waals surface area contributed by atoms with Gasteiger partial charge in [-0.25, -0.2) is 9.18 Å². The van der Waals surface area contributed by atoms with Crippen LogP contribution in [0.1, 0.15) is 10.4 Å². The minimum Gasteiger partial charge on any atom is -0.478 e. The molecular formula is C13H9ClFIN2O2. The van der Waals surface area contributed by atoms with Crippen LogP contribution in [0.3, 0.4) is 0 Å². The Hall–Kier alpha value is -1.54. The topological polar surface area (TPSA) is 75.3 Å². The summed E-state index contributed by atoms with van der Waals surface area (Å²) in [6.07, 6.45) is 0. The Morgan fingerprint density at radius 2 is 1.95 bits per heavy atom. The number of anilines is 3. The average Bonchev–Trinajstić information content (AvgIpc) is 2.36. The molecule has 0 fully saturated rings. The molecule has 2 aromatic rings. The Bertz CT molecular complexity index is 694. The van der Waals surface area contributed by atoms with E-state index in [1.54, 1.807) is 12.1 Å². The number of hydrogen-bond donors (Lipinski definition) is 3. The fourth-order valence-corrected chi connectivity index (χ4v) is 2.57. The number of nitrogens with one attached hydrogen (secondary N) is 1. The van der Waals surface area contributed by atoms with Gasteiger partial charge in [-0.3, -0.25) is 0 Å². The number of aromatic carboxylic acids is 1. The number of carboxylic acid groups (broad SMARTS) is 1. The molecule has 0 aliphatic heterocycles. The number of nitrogens with two attached hydrogens (primary N) is 1. The number of halogens is 3. The Morgan fingerprint density at radius 1 is 1.30 bits per heavy atom. The van der Waals surface area contributed by atoms with Gasteiger partial charge in [0.25, 0.3) is 0 Å². The van der Waals surface area contributed by atoms with Gasteiger partial charge in [-0.05, 0) is 52.9 Å². The lowest BCUT2D eigenvalue weighted by Crippen LogP contribution is -2.08. The van der Waals surface area contributed by atoms with Crippen LogP contribution < -0.4 is 11.1 Å². The van der Waals surface area contributed by atoms with Gasteiger partial charge in [-0.1, -0.05) is 11.6 Å². The van der Waals surface area contributed by atoms with Gasteiger partial charge in [-0.15, -0.1) is 0 Å². The monoisotopic (exact) mass is 406 g/mol. The first-order valence-corrected chi connectivity index (χ1v) is 6.89. The first kappa shape index (κ1) is 14.9. The van der Waals surface area contributed by atoms with E-state index in [0.717, 1.165) is 9.64 Å². The lowest BCUT2D eigenvalue weighted by Gasteiger charge is -2.13. The van der Waals surface area contributed by atoms with Crippen molar-refractivity contribution in [2.45, 2.75) is 0 Å². The molecule has 2 aromatic carbocycles. The Labute approximate surface area is 132 Å². The summed E-state index contributed by atoms with van der Waals surface area (Å²) in [5.74, 6) is -2.09. The quantitative estimate of drug-likeness (QED) is 0.530. The van der Waals surface area contributed by atoms with Gasteiger partial charge in [0, 0.05) is 3.57 Å². The van der Waals surface area contributed by atoms with E-state index in [0.29, 0.717) is 10.7 Å². The molecule has 0 radical (unpaired) electrons. The molecule has 0 aliphatic rings. The molecule has 0 heterocycles. The van der Waals surface area contributed by atoms with Crippen LogP contribution >= 0.6 is 34.2 Å². The molecule has 0 aromatic heterocycles. The summed E-state index contributed by atoms with van der Waals surface area (Å²) in [6.45, 7) is 0. The fourth-order valence-electron chi connectivity index (χ4n) is 1.66. The predicted octanol–water partition coefficient (Wildman–Crippen LogP) is 4.11. The Balaban J connectivity index is 2.48. The third kappa shape index (κ3) is 2.96. The van der Waals surface area contributed by atoms with E-state index < -0.39 is 17.5 Å². The number of carboxylic acids is 1. The van der Waals surface area contributed by atoms with E-state index in [1.165, 1.54) is 6.07 Å². The molecule has 4 nitrogen and oxygen atoms in total. The maximum atomic E-state index is 13.3. The summed E-state index contributed by atoms with van der Waals surface area (Å²) >= 11 is 8.17. The minimum absolute atomic E-state index is 0.180. The van der Waals surface area contributed by atoms with Gasteiger partial charge >= 0.3 is 5.97 Å². The molecule has 0 amide bonds. The first-order valence-electron chi connectivity index (χ1n) is 5.43. The summed E-state index contributed by atoms with van der Waals surface area (Å²) in [5.41, 5.74) is 5.43. The Morgan fingerprint density at radius 3 is 2.55 bits per heavy atom. The highest BCUT2D eigenvalue weighted by atomic mass is 127. The number of carbonyl (C=O) groups is 1. The van der Waals surface area contributed by atoms with E-state index in [4.69, 9.17) is 22.4 Å². The van der Waals surface area contributed by atoms with Crippen LogP contribution in [0.4, 0.5) is 21.5 Å². The van der Waals surface area contributed by atoms with Gasteiger partial charge in [0.2, 0.25) is 0 Å². The SMILES string of the molecule is Nc1c(F)ccc(Nc2ccc(I)cc2Cl)c1C(=O)O. The molecule has 0 saturated carbocycles. The van der Waals surface area contributed by atoms with Gasteiger partial charge < -0.3 is 16.2 Å². The summed E-state index contributed by atoms with van der Waals surface area (Å²) in [5, 5.41) is 12.4. The van der Waals surface area contributed by atoms with Crippen LogP contribution in [0.2, 0.25) is 5.02 Å². The number of hydrogen-bond acceptors (Lipinski definition) is 3. The molecule has 0 unspecified atom stereocenters. The van der Waals surface area contributed by atoms with Crippen LogP contribution in [0.5, 0.6) is 0 Å². The van der Waals surface area contributed by atoms with E-state index in [9.17, 15) is 9.18 Å². The average molecular weight is 407 g/mol. The molecule has 20 heavy (non-hydrogen) atoms. The number of benzene rings is 2. The summed E-state index contributed by atoms with van der Waals surface area (Å²) in [4.78, 5) is 11.2. The Kier molecular flexibility index (Phi) is 4.34. The van der Waals surface area contributed by atoms with E-state index in [2.05, 4.69) is 27.9 Å². The third-order valence-corrected chi connectivity index (χ3v) is 3.59. The molecule has 0 aliphatic carbocycles. The lowest BCUT2D eigenvalue weighted by molar-refractivity contribution is 0.0698. The van der Waals surface area contributed by atoms with Crippen molar-refractivity contribution in [2.75, 3.05) is 11.1 Å². The van der Waals surface area contributed by atoms with Crippen molar-refractivity contribution >= 4 is 57.2 Å². The zero-order chi connectivity index (χ0) is 14.9. The molecule has 104 valence electrons. The molecule has 0 atom stereocenters. The normalized spacial score (nSPS) is 10.3. The van der Waals surface area contributed by atoms with Crippen LogP contribution in [-0.4, -0.2) is 11.1 Å². The zero-order valence-corrected chi connectivity index (χ0v) is 12.9. The van der Waals surface area contributed by atoms with Crippen LogP contribution in [0.25, 0.3) is 0 Å². The third-order valence-electron chi connectivity index (χ3n) is 2.61. The van der Waals surface area contributed by atoms with Crippen molar-refractivity contribution in [3.63, 3.8) is 0 Å². The summed E-state index contributed by atoms with van der Waals surface area (Å²) in [7, 11) is 0. The highest BCUT2D eigenvalue weighted by molar-refractivity contribution is 14.1. The smallest absolute Gasteiger partial charge is 0.340 e. The molecule has 2 rings (SSSR count). The molecule has 0 bridgehead atoms. The van der Waals surface area contributed by atoms with Crippen molar-refractivity contribution in [1.29, 1.82) is 0 Å². The second-order valence-corrected chi connectivity index (χ2v) is 5.59. The van der Waals surface area contributed by atoms with E-state index in [-0.39, 0.29) is 11.3 Å². The lowest BCUT2D eigenvalue weighted by atomic mass is 10.1. The van der Waals surface area contributed by atoms with Gasteiger partial charge in [0.1, 0.15) is 11.4 Å². The maximum absolute atomic E-state index is 13.3. The van der Waals surface area contributed by atoms with E-state index in [1.807, 2.05) is 6.07 Å². The number of rotatable bonds is 3. The van der Waals surface area contributed by atoms with Crippen molar-refractivity contribution < 1.29 is 14.3 Å². The summed E-state index contributed by atoms with van der Waals surface area (Å²) in [6, 6.07) is 7.64. The van der Waals surface area contributed by atoms with Crippen molar-refractivity contribution in [3.8, 4) is 0 Å². The standard InChI is InChI=1S/C13H9ClFIN2O2/c14-7-5-6(16)1-3-9(7)18-10-4-2-8(15)12(17)11(10)13(19)20/h1-5,18H,17H2,(H,19,20). The second-order valence-electron chi connectivity index (χ2n) is 3.94. The van der Waals surface area contributed by atoms with E-state index >= 15 is 0 Å². The predicted molar refractivity (Wildman–Crippen MR) is 85.2 cm³/mol. The van der Waals surface area contributed by atoms with Gasteiger partial charge in [0.05, 0.1) is 22.1 Å². The first-order chi connectivity index (χ1) is 9.40. The second kappa shape index (κ2) is 5.84. The number of nitrogen functional groups attached to an aromatic ring is 1. The molecule has 7 heteroatoms. The van der Waals surface area contributed by atoms with Crippen molar-refractivity contribution in [2.24, 2.45) is 0 Å².